The van der Waals surface area contributed by atoms with Crippen LogP contribution in [-0.4, -0.2) is 30.6 Å². The first-order chi connectivity index (χ1) is 10.2. The molecule has 4 rings (SSSR count). The maximum Gasteiger partial charge on any atom is 0.311 e. The standard InChI is InChI=1S/C15H13FN2O2S.ClH/c16-11-3-1-9(2-4-11)13-8-21-15(17-13)18-5-10-7-20-14(19)12(10)6-18;/h1-4,8,10,12H,5-7H2;1H/t10-,12-;/m1./s1. The van der Waals surface area contributed by atoms with Crippen LogP contribution in [0.1, 0.15) is 0 Å². The number of anilines is 1. The number of hydrogen-bond donors (Lipinski definition) is 0. The van der Waals surface area contributed by atoms with Crippen molar-refractivity contribution in [3.8, 4) is 11.3 Å². The summed E-state index contributed by atoms with van der Waals surface area (Å²) >= 11 is 1.55. The van der Waals surface area contributed by atoms with Gasteiger partial charge in [0.15, 0.2) is 5.13 Å². The van der Waals surface area contributed by atoms with Gasteiger partial charge in [0, 0.05) is 30.0 Å². The minimum atomic E-state index is -0.250. The molecule has 1 aromatic carbocycles. The van der Waals surface area contributed by atoms with Gasteiger partial charge in [0.2, 0.25) is 0 Å². The number of esters is 1. The summed E-state index contributed by atoms with van der Waals surface area (Å²) in [7, 11) is 0. The topological polar surface area (TPSA) is 42.4 Å². The van der Waals surface area contributed by atoms with Gasteiger partial charge in [-0.25, -0.2) is 9.37 Å². The Morgan fingerprint density at radius 3 is 2.77 bits per heavy atom. The largest absolute Gasteiger partial charge is 0.465 e. The van der Waals surface area contributed by atoms with E-state index < -0.39 is 0 Å². The van der Waals surface area contributed by atoms with E-state index in [2.05, 4.69) is 9.88 Å². The third-order valence-corrected chi connectivity index (χ3v) is 4.99. The summed E-state index contributed by atoms with van der Waals surface area (Å²) in [5.41, 5.74) is 1.74. The number of carbonyl (C=O) groups excluding carboxylic acids is 1. The van der Waals surface area contributed by atoms with Gasteiger partial charge in [0.1, 0.15) is 5.82 Å². The highest BCUT2D eigenvalue weighted by Crippen LogP contribution is 2.36. The number of cyclic esters (lactones) is 1. The first-order valence-electron chi connectivity index (χ1n) is 6.84. The molecule has 0 radical (unpaired) electrons. The van der Waals surface area contributed by atoms with Crippen LogP contribution in [0.4, 0.5) is 9.52 Å². The van der Waals surface area contributed by atoms with Crippen LogP contribution in [0.2, 0.25) is 0 Å². The quantitative estimate of drug-likeness (QED) is 0.788. The second-order valence-electron chi connectivity index (χ2n) is 5.42. The fraction of sp³-hybridized carbons (Fsp3) is 0.333. The molecule has 0 amide bonds. The molecule has 0 aliphatic carbocycles. The lowest BCUT2D eigenvalue weighted by Crippen LogP contribution is -2.23. The summed E-state index contributed by atoms with van der Waals surface area (Å²) in [6, 6.07) is 6.32. The lowest BCUT2D eigenvalue weighted by molar-refractivity contribution is -0.140. The number of benzene rings is 1. The predicted octanol–water partition coefficient (Wildman–Crippen LogP) is 2.98. The van der Waals surface area contributed by atoms with Crippen molar-refractivity contribution >= 4 is 34.8 Å². The summed E-state index contributed by atoms with van der Waals surface area (Å²) in [4.78, 5) is 18.4. The molecular formula is C15H14ClFN2O2S. The van der Waals surface area contributed by atoms with E-state index in [4.69, 9.17) is 4.74 Å². The van der Waals surface area contributed by atoms with E-state index in [9.17, 15) is 9.18 Å². The monoisotopic (exact) mass is 340 g/mol. The van der Waals surface area contributed by atoms with Crippen LogP contribution in [0.5, 0.6) is 0 Å². The Morgan fingerprint density at radius 1 is 1.27 bits per heavy atom. The average molecular weight is 341 g/mol. The van der Waals surface area contributed by atoms with Gasteiger partial charge >= 0.3 is 5.97 Å². The minimum Gasteiger partial charge on any atom is -0.465 e. The van der Waals surface area contributed by atoms with Crippen molar-refractivity contribution in [1.82, 2.24) is 4.98 Å². The molecule has 2 atom stereocenters. The maximum absolute atomic E-state index is 13.0. The summed E-state index contributed by atoms with van der Waals surface area (Å²) < 4.78 is 18.0. The lowest BCUT2D eigenvalue weighted by Gasteiger charge is -2.15. The summed E-state index contributed by atoms with van der Waals surface area (Å²) in [5.74, 6) is -0.0586. The molecule has 0 saturated carbocycles. The van der Waals surface area contributed by atoms with Gasteiger partial charge in [-0.2, -0.15) is 0 Å². The van der Waals surface area contributed by atoms with Crippen molar-refractivity contribution in [2.75, 3.05) is 24.6 Å². The number of ether oxygens (including phenoxy) is 1. The van der Waals surface area contributed by atoms with Crippen LogP contribution in [-0.2, 0) is 9.53 Å². The van der Waals surface area contributed by atoms with Crippen LogP contribution in [0.25, 0.3) is 11.3 Å². The smallest absolute Gasteiger partial charge is 0.311 e. The molecule has 0 spiro atoms. The van der Waals surface area contributed by atoms with Crippen LogP contribution in [0, 0.1) is 17.7 Å². The normalized spacial score (nSPS) is 23.1. The van der Waals surface area contributed by atoms with E-state index in [0.717, 1.165) is 22.9 Å². The van der Waals surface area contributed by atoms with Gasteiger partial charge < -0.3 is 9.64 Å². The Balaban J connectivity index is 0.00000144. The molecule has 0 N–H and O–H groups in total. The number of thiazole rings is 1. The third kappa shape index (κ3) is 2.57. The highest BCUT2D eigenvalue weighted by Gasteiger charge is 2.44. The number of rotatable bonds is 2. The van der Waals surface area contributed by atoms with E-state index in [-0.39, 0.29) is 36.0 Å². The zero-order chi connectivity index (χ0) is 14.4. The maximum atomic E-state index is 13.0. The van der Waals surface area contributed by atoms with Crippen molar-refractivity contribution in [1.29, 1.82) is 0 Å². The molecule has 4 nitrogen and oxygen atoms in total. The van der Waals surface area contributed by atoms with Crippen LogP contribution in [0.15, 0.2) is 29.6 Å². The van der Waals surface area contributed by atoms with E-state index in [1.807, 2.05) is 5.38 Å². The van der Waals surface area contributed by atoms with Crippen molar-refractivity contribution < 1.29 is 13.9 Å². The Morgan fingerprint density at radius 2 is 2.05 bits per heavy atom. The number of aromatic nitrogens is 1. The number of carbonyl (C=O) groups is 1. The van der Waals surface area contributed by atoms with Crippen LogP contribution >= 0.6 is 23.7 Å². The van der Waals surface area contributed by atoms with Gasteiger partial charge in [-0.15, -0.1) is 23.7 Å². The molecule has 0 unspecified atom stereocenters. The van der Waals surface area contributed by atoms with Crippen molar-refractivity contribution in [3.05, 3.63) is 35.5 Å². The number of halogens is 2. The molecule has 0 bridgehead atoms. The number of nitrogens with zero attached hydrogens (tertiary/aromatic N) is 2. The molecule has 2 saturated heterocycles. The van der Waals surface area contributed by atoms with Crippen LogP contribution in [0.3, 0.4) is 0 Å². The zero-order valence-corrected chi connectivity index (χ0v) is 13.2. The minimum absolute atomic E-state index is 0. The molecule has 2 aliphatic heterocycles. The molecule has 2 fully saturated rings. The first kappa shape index (κ1) is 15.2. The second kappa shape index (κ2) is 5.85. The fourth-order valence-corrected chi connectivity index (χ4v) is 3.78. The van der Waals surface area contributed by atoms with E-state index >= 15 is 0 Å². The van der Waals surface area contributed by atoms with Crippen LogP contribution < -0.4 is 4.90 Å². The molecule has 22 heavy (non-hydrogen) atoms. The van der Waals surface area contributed by atoms with E-state index in [0.29, 0.717) is 13.2 Å². The highest BCUT2D eigenvalue weighted by atomic mass is 35.5. The van der Waals surface area contributed by atoms with Gasteiger partial charge in [0.05, 0.1) is 18.2 Å². The lowest BCUT2D eigenvalue weighted by atomic mass is 10.0. The zero-order valence-electron chi connectivity index (χ0n) is 11.6. The number of fused-ring (bicyclic) bond motifs is 1. The summed E-state index contributed by atoms with van der Waals surface area (Å²) in [6.07, 6.45) is 0. The SMILES string of the molecule is Cl.O=C1OC[C@H]2CN(c3nc(-c4ccc(F)cc4)cs3)C[C@@H]12. The van der Waals surface area contributed by atoms with Gasteiger partial charge in [0.25, 0.3) is 0 Å². The second-order valence-corrected chi connectivity index (χ2v) is 6.26. The Bertz CT molecular complexity index is 691. The highest BCUT2D eigenvalue weighted by molar-refractivity contribution is 7.14. The first-order valence-corrected chi connectivity index (χ1v) is 7.72. The molecule has 2 aromatic rings. The molecule has 7 heteroatoms. The molecule has 116 valence electrons. The van der Waals surface area contributed by atoms with Gasteiger partial charge in [-0.3, -0.25) is 4.79 Å². The van der Waals surface area contributed by atoms with Crippen molar-refractivity contribution in [2.45, 2.75) is 0 Å². The van der Waals surface area contributed by atoms with Gasteiger partial charge in [-0.05, 0) is 24.3 Å². The molecule has 3 heterocycles. The Labute approximate surface area is 137 Å². The van der Waals surface area contributed by atoms with Crippen molar-refractivity contribution in [2.24, 2.45) is 11.8 Å². The fourth-order valence-electron chi connectivity index (χ4n) is 2.92. The molecule has 2 aliphatic rings. The average Bonchev–Trinajstić information content (AvgIpc) is 3.17. The van der Waals surface area contributed by atoms with E-state index in [1.54, 1.807) is 23.5 Å². The number of hydrogen-bond acceptors (Lipinski definition) is 5. The predicted molar refractivity (Wildman–Crippen MR) is 84.9 cm³/mol. The molecular weight excluding hydrogens is 327 g/mol. The summed E-state index contributed by atoms with van der Waals surface area (Å²) in [6.45, 7) is 2.02. The van der Waals surface area contributed by atoms with Gasteiger partial charge in [-0.1, -0.05) is 0 Å². The third-order valence-electron chi connectivity index (χ3n) is 4.09. The Kier molecular flexibility index (Phi) is 4.06. The van der Waals surface area contributed by atoms with E-state index in [1.165, 1.54) is 12.1 Å². The molecule has 1 aromatic heterocycles. The summed E-state index contributed by atoms with van der Waals surface area (Å²) in [5, 5.41) is 2.88. The Hall–Kier alpha value is -1.66. The van der Waals surface area contributed by atoms with Crippen molar-refractivity contribution in [3.63, 3.8) is 0 Å².